The predicted octanol–water partition coefficient (Wildman–Crippen LogP) is 3.27. The monoisotopic (exact) mass is 438 g/mol. The molecule has 0 aromatic heterocycles. The van der Waals surface area contributed by atoms with Crippen molar-refractivity contribution in [1.82, 2.24) is 5.32 Å². The van der Waals surface area contributed by atoms with E-state index < -0.39 is 15.8 Å². The van der Waals surface area contributed by atoms with Crippen LogP contribution < -0.4 is 19.1 Å². The van der Waals surface area contributed by atoms with Gasteiger partial charge in [-0.1, -0.05) is 12.1 Å². The van der Waals surface area contributed by atoms with Gasteiger partial charge in [0.2, 0.25) is 15.9 Å². The first-order valence-corrected chi connectivity index (χ1v) is 11.3. The Hall–Kier alpha value is -2.81. The Bertz CT molecular complexity index is 981. The largest absolute Gasteiger partial charge is 0.497 e. The van der Waals surface area contributed by atoms with Crippen molar-refractivity contribution >= 4 is 21.6 Å². The average Bonchev–Trinajstić information content (AvgIpc) is 2.70. The summed E-state index contributed by atoms with van der Waals surface area (Å²) in [4.78, 5) is 12.4. The van der Waals surface area contributed by atoms with Gasteiger partial charge in [-0.15, -0.1) is 0 Å². The Labute approximate surface area is 176 Å². The highest BCUT2D eigenvalue weighted by Crippen LogP contribution is 2.29. The number of para-hydroxylation sites is 1. The molecule has 0 heterocycles. The van der Waals surface area contributed by atoms with Gasteiger partial charge in [-0.25, -0.2) is 12.8 Å². The summed E-state index contributed by atoms with van der Waals surface area (Å²) in [6, 6.07) is 10.6. The minimum Gasteiger partial charge on any atom is -0.497 e. The van der Waals surface area contributed by atoms with Crippen LogP contribution in [0.25, 0.3) is 0 Å². The second-order valence-corrected chi connectivity index (χ2v) is 8.69. The molecule has 0 saturated carbocycles. The maximum absolute atomic E-state index is 14.0. The van der Waals surface area contributed by atoms with E-state index in [-0.39, 0.29) is 37.0 Å². The molecule has 1 N–H and O–H groups in total. The number of ether oxygens (including phenoxy) is 2. The number of rotatable bonds is 10. The smallest absolute Gasteiger partial charge is 0.232 e. The molecule has 0 aliphatic heterocycles. The van der Waals surface area contributed by atoms with Gasteiger partial charge >= 0.3 is 0 Å². The number of nitrogens with one attached hydrogen (secondary N) is 1. The first-order valence-electron chi connectivity index (χ1n) is 9.41. The fraction of sp³-hybridized carbons (Fsp3) is 0.381. The molecular weight excluding hydrogens is 411 g/mol. The van der Waals surface area contributed by atoms with Crippen molar-refractivity contribution < 1.29 is 27.1 Å². The van der Waals surface area contributed by atoms with Crippen LogP contribution in [0.3, 0.4) is 0 Å². The Morgan fingerprint density at radius 1 is 1.17 bits per heavy atom. The van der Waals surface area contributed by atoms with Crippen LogP contribution in [0.4, 0.5) is 10.1 Å². The van der Waals surface area contributed by atoms with E-state index in [9.17, 15) is 17.6 Å². The lowest BCUT2D eigenvalue weighted by molar-refractivity contribution is -0.121. The summed E-state index contributed by atoms with van der Waals surface area (Å²) in [7, 11) is -0.592. The van der Waals surface area contributed by atoms with Crippen LogP contribution in [-0.2, 0) is 14.8 Å². The fourth-order valence-corrected chi connectivity index (χ4v) is 4.04. The van der Waals surface area contributed by atoms with E-state index in [1.165, 1.54) is 18.2 Å². The molecule has 0 aliphatic carbocycles. The number of sulfonamides is 1. The van der Waals surface area contributed by atoms with Crippen molar-refractivity contribution in [2.75, 3.05) is 31.3 Å². The van der Waals surface area contributed by atoms with Crippen LogP contribution in [0.1, 0.15) is 31.4 Å². The van der Waals surface area contributed by atoms with E-state index in [1.807, 2.05) is 6.92 Å². The minimum atomic E-state index is -3.69. The molecule has 1 atom stereocenters. The lowest BCUT2D eigenvalue weighted by Crippen LogP contribution is -2.33. The molecule has 0 bridgehead atoms. The molecule has 9 heteroatoms. The fourth-order valence-electron chi connectivity index (χ4n) is 3.07. The number of carbonyl (C=O) groups is 1. The zero-order valence-corrected chi connectivity index (χ0v) is 18.3. The molecule has 164 valence electrons. The van der Waals surface area contributed by atoms with Crippen LogP contribution in [0, 0.1) is 5.82 Å². The van der Waals surface area contributed by atoms with Crippen molar-refractivity contribution in [3.63, 3.8) is 0 Å². The van der Waals surface area contributed by atoms with Crippen LogP contribution in [0.2, 0.25) is 0 Å². The summed E-state index contributed by atoms with van der Waals surface area (Å²) < 4.78 is 49.8. The van der Waals surface area contributed by atoms with E-state index >= 15 is 0 Å². The van der Waals surface area contributed by atoms with Gasteiger partial charge < -0.3 is 14.8 Å². The van der Waals surface area contributed by atoms with E-state index in [1.54, 1.807) is 38.5 Å². The summed E-state index contributed by atoms with van der Waals surface area (Å²) in [5.41, 5.74) is 0.726. The maximum Gasteiger partial charge on any atom is 0.232 e. The zero-order valence-electron chi connectivity index (χ0n) is 17.5. The lowest BCUT2D eigenvalue weighted by Gasteiger charge is -2.23. The number of benzene rings is 2. The highest BCUT2D eigenvalue weighted by Gasteiger charge is 2.21. The molecule has 1 amide bonds. The number of carbonyl (C=O) groups excluding carboxylic acids is 1. The lowest BCUT2D eigenvalue weighted by atomic mass is 10.1. The zero-order chi connectivity index (χ0) is 22.3. The van der Waals surface area contributed by atoms with Crippen molar-refractivity contribution in [1.29, 1.82) is 0 Å². The molecule has 0 saturated heterocycles. The molecule has 2 rings (SSSR count). The molecule has 0 spiro atoms. The van der Waals surface area contributed by atoms with Gasteiger partial charge in [0.05, 0.1) is 32.2 Å². The van der Waals surface area contributed by atoms with Crippen LogP contribution in [0.15, 0.2) is 42.5 Å². The first-order chi connectivity index (χ1) is 14.2. The van der Waals surface area contributed by atoms with Gasteiger partial charge in [0.15, 0.2) is 0 Å². The van der Waals surface area contributed by atoms with Gasteiger partial charge in [0, 0.05) is 18.5 Å². The highest BCUT2D eigenvalue weighted by molar-refractivity contribution is 7.92. The maximum atomic E-state index is 14.0. The third kappa shape index (κ3) is 6.09. The summed E-state index contributed by atoms with van der Waals surface area (Å²) in [5, 5.41) is 2.87. The molecular formula is C21H27FN2O5S. The summed E-state index contributed by atoms with van der Waals surface area (Å²) >= 11 is 0. The Balaban J connectivity index is 2.01. The normalized spacial score (nSPS) is 12.2. The van der Waals surface area contributed by atoms with Crippen molar-refractivity contribution in [2.24, 2.45) is 0 Å². The molecule has 1 unspecified atom stereocenters. The van der Waals surface area contributed by atoms with Crippen LogP contribution in [0.5, 0.6) is 11.5 Å². The molecule has 0 radical (unpaired) electrons. The number of hydrogen-bond acceptors (Lipinski definition) is 5. The Morgan fingerprint density at radius 2 is 1.87 bits per heavy atom. The summed E-state index contributed by atoms with van der Waals surface area (Å²) in [6.07, 6.45) is 1.32. The first kappa shape index (κ1) is 23.5. The van der Waals surface area contributed by atoms with E-state index in [2.05, 4.69) is 5.32 Å². The predicted molar refractivity (Wildman–Crippen MR) is 114 cm³/mol. The number of hydrogen-bond donors (Lipinski definition) is 1. The van der Waals surface area contributed by atoms with Gasteiger partial charge in [-0.2, -0.15) is 0 Å². The van der Waals surface area contributed by atoms with Crippen LogP contribution >= 0.6 is 0 Å². The van der Waals surface area contributed by atoms with Crippen LogP contribution in [-0.4, -0.2) is 41.3 Å². The van der Waals surface area contributed by atoms with Crippen molar-refractivity contribution in [2.45, 2.75) is 25.8 Å². The number of nitrogens with zero attached hydrogens (tertiary/aromatic N) is 1. The number of amides is 1. The summed E-state index contributed by atoms with van der Waals surface area (Å²) in [5.74, 6) is 0.368. The topological polar surface area (TPSA) is 84.9 Å². The molecule has 0 fully saturated rings. The van der Waals surface area contributed by atoms with Gasteiger partial charge in [0.1, 0.15) is 17.3 Å². The van der Waals surface area contributed by atoms with E-state index in [0.717, 1.165) is 16.1 Å². The number of halogens is 1. The minimum absolute atomic E-state index is 0.00987. The third-order valence-electron chi connectivity index (χ3n) is 4.57. The second-order valence-electron chi connectivity index (χ2n) is 6.79. The van der Waals surface area contributed by atoms with E-state index in [0.29, 0.717) is 11.5 Å². The summed E-state index contributed by atoms with van der Waals surface area (Å²) in [6.45, 7) is 1.81. The Morgan fingerprint density at radius 3 is 2.47 bits per heavy atom. The molecule has 2 aromatic rings. The quantitative estimate of drug-likeness (QED) is 0.615. The molecule has 2 aromatic carbocycles. The number of methoxy groups -OCH3 is 2. The molecule has 7 nitrogen and oxygen atoms in total. The Kier molecular flexibility index (Phi) is 8.05. The van der Waals surface area contributed by atoms with Gasteiger partial charge in [-0.05, 0) is 43.7 Å². The average molecular weight is 439 g/mol. The number of anilines is 1. The highest BCUT2D eigenvalue weighted by atomic mass is 32.2. The molecule has 0 aliphatic rings. The molecule has 30 heavy (non-hydrogen) atoms. The SMILES string of the molecule is COc1ccc(OC)c(C(C)NC(=O)CCCN(c2ccccc2F)S(C)(=O)=O)c1. The second kappa shape index (κ2) is 10.3. The van der Waals surface area contributed by atoms with Crippen molar-refractivity contribution in [3.05, 3.63) is 53.8 Å². The third-order valence-corrected chi connectivity index (χ3v) is 5.75. The van der Waals surface area contributed by atoms with Gasteiger partial charge in [0.25, 0.3) is 0 Å². The van der Waals surface area contributed by atoms with Gasteiger partial charge in [-0.3, -0.25) is 9.10 Å². The van der Waals surface area contributed by atoms with E-state index in [4.69, 9.17) is 9.47 Å². The standard InChI is InChI=1S/C21H27FN2O5S/c1-15(17-14-16(28-2)11-12-20(17)29-3)23-21(25)10-7-13-24(30(4,26)27)19-9-6-5-8-18(19)22/h5-6,8-9,11-12,14-15H,7,10,13H2,1-4H3,(H,23,25). The van der Waals surface area contributed by atoms with Crippen molar-refractivity contribution in [3.8, 4) is 11.5 Å².